The van der Waals surface area contributed by atoms with Crippen molar-refractivity contribution in [2.45, 2.75) is 72.3 Å². The number of phenolic OH excluding ortho intramolecular Hbond substituents is 1. The summed E-state index contributed by atoms with van der Waals surface area (Å²) in [4.78, 5) is 27.5. The van der Waals surface area contributed by atoms with Gasteiger partial charge in [0.2, 0.25) is 11.8 Å². The number of fused-ring (bicyclic) bond motifs is 3. The first-order valence-corrected chi connectivity index (χ1v) is 13.1. The normalized spacial score (nSPS) is 26.5. The first-order valence-electron chi connectivity index (χ1n) is 13.1. The van der Waals surface area contributed by atoms with Crippen LogP contribution in [0.25, 0.3) is 6.08 Å². The number of imide groups is 1. The number of carbonyl (C=O) groups excluding carboxylic acids is 2. The Labute approximate surface area is 208 Å². The van der Waals surface area contributed by atoms with Gasteiger partial charge in [0, 0.05) is 12.5 Å². The van der Waals surface area contributed by atoms with E-state index in [0.29, 0.717) is 25.3 Å². The Morgan fingerprint density at radius 2 is 1.80 bits per heavy atom. The van der Waals surface area contributed by atoms with Crippen LogP contribution in [0, 0.1) is 31.6 Å². The van der Waals surface area contributed by atoms with Crippen LogP contribution in [0.4, 0.5) is 0 Å². The second kappa shape index (κ2) is 10.7. The number of aliphatic hydroxyl groups excluding tert-OH is 1. The highest BCUT2D eigenvalue weighted by Crippen LogP contribution is 2.49. The minimum atomic E-state index is -0.358. The molecule has 2 amide bonds. The molecule has 1 aromatic rings. The van der Waals surface area contributed by atoms with E-state index in [0.717, 1.165) is 59.9 Å². The molecule has 190 valence electrons. The molecule has 0 bridgehead atoms. The number of hydrogen-bond acceptors (Lipinski definition) is 5. The zero-order chi connectivity index (χ0) is 25.3. The standard InChI is InChI=1S/C29H39NO5/c1-5-7-19(13-20-11-17(3)27(32)18(4)12-20)8-9-24-25-21(15-31)14-22-26(23(25)16-35-24)29(34)30(10-6-2)28(22)33/h11-13,22-24,26,31-32H,5-10,14-16H2,1-4H3/b19-13+/t22-,23+,24-,26-/m1/s1. The molecule has 0 spiro atoms. The second-order valence-corrected chi connectivity index (χ2v) is 10.4. The number of hydrogen-bond donors (Lipinski definition) is 2. The third kappa shape index (κ3) is 4.83. The number of phenols is 1. The maximum Gasteiger partial charge on any atom is 0.233 e. The Kier molecular flexibility index (Phi) is 7.82. The fourth-order valence-electron chi connectivity index (χ4n) is 6.34. The van der Waals surface area contributed by atoms with E-state index < -0.39 is 0 Å². The SMILES string of the molecule is CCC/C(=C\c1cc(C)c(O)c(C)c1)CC[C@H]1OC[C@H]2C1=C(CO)C[C@H]1C(=O)N(CCC)C(=O)[C@H]12. The molecule has 4 rings (SSSR count). The number of likely N-dealkylation sites (tertiary alicyclic amines) is 1. The molecule has 2 N–H and O–H groups in total. The number of carbonyl (C=O) groups is 2. The molecule has 0 radical (unpaired) electrons. The van der Waals surface area contributed by atoms with E-state index in [1.165, 1.54) is 10.5 Å². The van der Waals surface area contributed by atoms with Gasteiger partial charge < -0.3 is 14.9 Å². The van der Waals surface area contributed by atoms with Gasteiger partial charge in [-0.15, -0.1) is 0 Å². The number of allylic oxidation sites excluding steroid dienone is 1. The van der Waals surface area contributed by atoms with Crippen molar-refractivity contribution in [3.05, 3.63) is 45.5 Å². The zero-order valence-corrected chi connectivity index (χ0v) is 21.5. The van der Waals surface area contributed by atoms with Crippen LogP contribution >= 0.6 is 0 Å². The van der Waals surface area contributed by atoms with E-state index in [1.54, 1.807) is 0 Å². The zero-order valence-electron chi connectivity index (χ0n) is 21.5. The van der Waals surface area contributed by atoms with Gasteiger partial charge in [-0.25, -0.2) is 0 Å². The van der Waals surface area contributed by atoms with Crippen LogP contribution in [0.1, 0.15) is 69.1 Å². The molecule has 6 heteroatoms. The predicted octanol–water partition coefficient (Wildman–Crippen LogP) is 4.69. The lowest BCUT2D eigenvalue weighted by molar-refractivity contribution is -0.140. The third-order valence-corrected chi connectivity index (χ3v) is 7.92. The first kappa shape index (κ1) is 25.6. The van der Waals surface area contributed by atoms with Crippen molar-refractivity contribution in [3.63, 3.8) is 0 Å². The molecule has 3 aliphatic rings. The van der Waals surface area contributed by atoms with Gasteiger partial charge in [-0.2, -0.15) is 0 Å². The minimum absolute atomic E-state index is 0.0600. The summed E-state index contributed by atoms with van der Waals surface area (Å²) in [5, 5.41) is 20.3. The number of aromatic hydroxyl groups is 1. The van der Waals surface area contributed by atoms with Crippen molar-refractivity contribution in [1.29, 1.82) is 0 Å². The highest BCUT2D eigenvalue weighted by Gasteiger charge is 2.56. The minimum Gasteiger partial charge on any atom is -0.507 e. The van der Waals surface area contributed by atoms with Crippen LogP contribution in [-0.4, -0.2) is 52.8 Å². The van der Waals surface area contributed by atoms with Gasteiger partial charge >= 0.3 is 0 Å². The van der Waals surface area contributed by atoms with E-state index in [1.807, 2.05) is 32.9 Å². The van der Waals surface area contributed by atoms with Crippen LogP contribution in [-0.2, 0) is 14.3 Å². The number of aryl methyl sites for hydroxylation is 2. The smallest absolute Gasteiger partial charge is 0.233 e. The van der Waals surface area contributed by atoms with Gasteiger partial charge in [-0.05, 0) is 85.9 Å². The molecule has 6 nitrogen and oxygen atoms in total. The van der Waals surface area contributed by atoms with Gasteiger partial charge in [0.25, 0.3) is 0 Å². The van der Waals surface area contributed by atoms with Gasteiger partial charge in [0.1, 0.15) is 5.75 Å². The van der Waals surface area contributed by atoms with Gasteiger partial charge in [-0.3, -0.25) is 14.5 Å². The van der Waals surface area contributed by atoms with Crippen LogP contribution in [0.15, 0.2) is 28.9 Å². The average Bonchev–Trinajstić information content (AvgIpc) is 3.35. The van der Waals surface area contributed by atoms with E-state index in [2.05, 4.69) is 13.0 Å². The van der Waals surface area contributed by atoms with Crippen LogP contribution in [0.3, 0.4) is 0 Å². The van der Waals surface area contributed by atoms with Crippen LogP contribution in [0.2, 0.25) is 0 Å². The highest BCUT2D eigenvalue weighted by atomic mass is 16.5. The van der Waals surface area contributed by atoms with Crippen molar-refractivity contribution >= 4 is 17.9 Å². The molecular formula is C29H39NO5. The number of amides is 2. The van der Waals surface area contributed by atoms with Gasteiger partial charge in [0.15, 0.2) is 0 Å². The second-order valence-electron chi connectivity index (χ2n) is 10.4. The lowest BCUT2D eigenvalue weighted by Gasteiger charge is -2.31. The molecule has 2 fully saturated rings. The summed E-state index contributed by atoms with van der Waals surface area (Å²) in [5.74, 6) is -0.610. The summed E-state index contributed by atoms with van der Waals surface area (Å²) in [7, 11) is 0. The molecule has 2 heterocycles. The summed E-state index contributed by atoms with van der Waals surface area (Å²) in [6.07, 6.45) is 6.95. The monoisotopic (exact) mass is 481 g/mol. The lowest BCUT2D eigenvalue weighted by atomic mass is 9.69. The fraction of sp³-hybridized carbons (Fsp3) is 0.586. The summed E-state index contributed by atoms with van der Waals surface area (Å²) in [6, 6.07) is 4.02. The molecule has 35 heavy (non-hydrogen) atoms. The highest BCUT2D eigenvalue weighted by molar-refractivity contribution is 6.05. The molecule has 2 saturated heterocycles. The maximum absolute atomic E-state index is 13.2. The third-order valence-electron chi connectivity index (χ3n) is 7.92. The Hall–Kier alpha value is -2.44. The molecular weight excluding hydrogens is 442 g/mol. The van der Waals surface area contributed by atoms with E-state index in [-0.39, 0.29) is 42.3 Å². The van der Waals surface area contributed by atoms with E-state index in [4.69, 9.17) is 4.74 Å². The predicted molar refractivity (Wildman–Crippen MR) is 136 cm³/mol. The number of ether oxygens (including phenoxy) is 1. The molecule has 2 aliphatic heterocycles. The van der Waals surface area contributed by atoms with Crippen LogP contribution in [0.5, 0.6) is 5.75 Å². The molecule has 1 aromatic carbocycles. The summed E-state index contributed by atoms with van der Waals surface area (Å²) < 4.78 is 6.24. The largest absolute Gasteiger partial charge is 0.507 e. The summed E-state index contributed by atoms with van der Waals surface area (Å²) >= 11 is 0. The molecule has 0 aromatic heterocycles. The summed E-state index contributed by atoms with van der Waals surface area (Å²) in [5.41, 5.74) is 6.12. The van der Waals surface area contributed by atoms with E-state index >= 15 is 0 Å². The van der Waals surface area contributed by atoms with Crippen molar-refractivity contribution in [1.82, 2.24) is 4.90 Å². The van der Waals surface area contributed by atoms with Crippen molar-refractivity contribution in [2.24, 2.45) is 17.8 Å². The maximum atomic E-state index is 13.2. The van der Waals surface area contributed by atoms with Gasteiger partial charge in [0.05, 0.1) is 31.2 Å². The van der Waals surface area contributed by atoms with Crippen molar-refractivity contribution in [2.75, 3.05) is 19.8 Å². The number of rotatable bonds is 9. The Morgan fingerprint density at radius 1 is 1.09 bits per heavy atom. The molecule has 4 atom stereocenters. The lowest BCUT2D eigenvalue weighted by Crippen LogP contribution is -2.35. The van der Waals surface area contributed by atoms with Crippen LogP contribution < -0.4 is 0 Å². The Morgan fingerprint density at radius 3 is 2.43 bits per heavy atom. The van der Waals surface area contributed by atoms with Gasteiger partial charge in [-0.1, -0.05) is 31.9 Å². The van der Waals surface area contributed by atoms with Crippen molar-refractivity contribution in [3.8, 4) is 5.75 Å². The molecule has 0 unspecified atom stereocenters. The number of aliphatic hydroxyl groups is 1. The molecule has 0 saturated carbocycles. The first-order chi connectivity index (χ1) is 16.8. The van der Waals surface area contributed by atoms with Crippen molar-refractivity contribution < 1.29 is 24.5 Å². The molecule has 1 aliphatic carbocycles. The average molecular weight is 482 g/mol. The fourth-order valence-corrected chi connectivity index (χ4v) is 6.34. The quantitative estimate of drug-likeness (QED) is 0.395. The Bertz CT molecular complexity index is 1030. The topological polar surface area (TPSA) is 87.1 Å². The summed E-state index contributed by atoms with van der Waals surface area (Å²) in [6.45, 7) is 8.79. The van der Waals surface area contributed by atoms with E-state index in [9.17, 15) is 19.8 Å². The number of nitrogens with zero attached hydrogens (tertiary/aromatic N) is 1. The Balaban J connectivity index is 1.54. The number of benzene rings is 1.